The topological polar surface area (TPSA) is 177 Å². The zero-order valence-electron chi connectivity index (χ0n) is 17.2. The highest BCUT2D eigenvalue weighted by Gasteiger charge is 2.37. The van der Waals surface area contributed by atoms with E-state index in [-0.39, 0.29) is 45.9 Å². The number of phenols is 7. The third-order valence-corrected chi connectivity index (χ3v) is 5.48. The molecule has 0 amide bonds. The van der Waals surface area contributed by atoms with E-state index in [1.54, 1.807) is 0 Å². The van der Waals surface area contributed by atoms with Crippen molar-refractivity contribution in [3.8, 4) is 46.0 Å². The number of hydrogen-bond acceptors (Lipinski definition) is 10. The van der Waals surface area contributed by atoms with Crippen molar-refractivity contribution in [3.63, 3.8) is 0 Å². The largest absolute Gasteiger partial charge is 0.508 e. The van der Waals surface area contributed by atoms with Gasteiger partial charge in [0.05, 0.1) is 5.56 Å². The van der Waals surface area contributed by atoms with E-state index in [2.05, 4.69) is 0 Å². The highest BCUT2D eigenvalue weighted by molar-refractivity contribution is 5.92. The highest BCUT2D eigenvalue weighted by Crippen LogP contribution is 2.45. The average Bonchev–Trinajstić information content (AvgIpc) is 2.75. The Bertz CT molecular complexity index is 1240. The number of aromatic hydroxyl groups is 7. The predicted octanol–water partition coefficient (Wildman–Crippen LogP) is 2.84. The second-order valence-electron chi connectivity index (χ2n) is 7.64. The van der Waals surface area contributed by atoms with Gasteiger partial charge in [-0.05, 0) is 31.2 Å². The second kappa shape index (κ2) is 7.90. The molecule has 1 heterocycles. The van der Waals surface area contributed by atoms with E-state index in [1.165, 1.54) is 19.1 Å². The Hall–Kier alpha value is -4.47. The van der Waals surface area contributed by atoms with E-state index in [0.29, 0.717) is 0 Å². The molecule has 0 bridgehead atoms. The van der Waals surface area contributed by atoms with Crippen LogP contribution in [0.2, 0.25) is 0 Å². The number of carbonyl (C=O) groups is 1. The molecule has 0 aliphatic carbocycles. The van der Waals surface area contributed by atoms with Crippen LogP contribution >= 0.6 is 0 Å². The molecule has 0 saturated carbocycles. The van der Waals surface area contributed by atoms with Crippen LogP contribution in [-0.2, 0) is 11.2 Å². The van der Waals surface area contributed by atoms with Gasteiger partial charge in [-0.1, -0.05) is 0 Å². The quantitative estimate of drug-likeness (QED) is 0.229. The first-order valence-corrected chi connectivity index (χ1v) is 9.75. The minimum atomic E-state index is -1.12. The molecule has 0 radical (unpaired) electrons. The number of hydrogen-bond donors (Lipinski definition) is 7. The van der Waals surface area contributed by atoms with Crippen molar-refractivity contribution < 1.29 is 50.0 Å². The van der Waals surface area contributed by atoms with Gasteiger partial charge >= 0.3 is 5.97 Å². The fourth-order valence-electron chi connectivity index (χ4n) is 3.73. The lowest BCUT2D eigenvalue weighted by Crippen LogP contribution is -2.35. The number of esters is 1. The molecule has 10 nitrogen and oxygen atoms in total. The normalized spacial score (nSPS) is 17.1. The molecule has 7 N–H and O–H groups in total. The molecular weight excluding hydrogens is 436 g/mol. The summed E-state index contributed by atoms with van der Waals surface area (Å²) in [7, 11) is 0. The standard InChI is InChI=1S/C23H20O10/c1-9-12(2-3-14(25)20(9)29)23(31)33-19-8-13-15(26)6-11(24)7-18(13)32-22(19)10-4-16(27)21(30)17(28)5-10/h2-7,19,22,24-30H,8H2,1H3/t19?,22-/m1/s1. The molecule has 0 fully saturated rings. The van der Waals surface area contributed by atoms with Gasteiger partial charge in [-0.3, -0.25) is 0 Å². The number of carbonyl (C=O) groups excluding carboxylic acids is 1. The molecule has 2 atom stereocenters. The predicted molar refractivity (Wildman–Crippen MR) is 112 cm³/mol. The fourth-order valence-corrected chi connectivity index (χ4v) is 3.73. The van der Waals surface area contributed by atoms with Gasteiger partial charge in [0.15, 0.2) is 34.9 Å². The molecule has 10 heteroatoms. The molecule has 4 rings (SSSR count). The van der Waals surface area contributed by atoms with E-state index in [0.717, 1.165) is 24.3 Å². The smallest absolute Gasteiger partial charge is 0.338 e. The van der Waals surface area contributed by atoms with Crippen molar-refractivity contribution in [1.82, 2.24) is 0 Å². The van der Waals surface area contributed by atoms with Crippen molar-refractivity contribution >= 4 is 5.97 Å². The lowest BCUT2D eigenvalue weighted by atomic mass is 9.93. The van der Waals surface area contributed by atoms with Gasteiger partial charge < -0.3 is 45.2 Å². The van der Waals surface area contributed by atoms with Gasteiger partial charge in [0, 0.05) is 35.2 Å². The minimum Gasteiger partial charge on any atom is -0.508 e. The minimum absolute atomic E-state index is 0.0267. The van der Waals surface area contributed by atoms with Crippen LogP contribution in [0.15, 0.2) is 36.4 Å². The van der Waals surface area contributed by atoms with Crippen molar-refractivity contribution in [2.45, 2.75) is 25.6 Å². The third kappa shape index (κ3) is 3.82. The third-order valence-electron chi connectivity index (χ3n) is 5.48. The van der Waals surface area contributed by atoms with Gasteiger partial charge in [-0.2, -0.15) is 0 Å². The lowest BCUT2D eigenvalue weighted by Gasteiger charge is -2.34. The number of phenolic OH excluding ortho intramolecular Hbond substituents is 7. The van der Waals surface area contributed by atoms with Gasteiger partial charge in [-0.25, -0.2) is 4.79 Å². The zero-order chi connectivity index (χ0) is 24.0. The summed E-state index contributed by atoms with van der Waals surface area (Å²) in [4.78, 5) is 12.9. The van der Waals surface area contributed by atoms with E-state index < -0.39 is 46.9 Å². The Labute approximate surface area is 186 Å². The van der Waals surface area contributed by atoms with Crippen LogP contribution in [-0.4, -0.2) is 47.8 Å². The molecular formula is C23H20O10. The van der Waals surface area contributed by atoms with Gasteiger partial charge in [0.1, 0.15) is 23.4 Å². The molecule has 33 heavy (non-hydrogen) atoms. The van der Waals surface area contributed by atoms with Crippen LogP contribution in [0.25, 0.3) is 0 Å². The Balaban J connectivity index is 1.76. The molecule has 0 saturated heterocycles. The van der Waals surface area contributed by atoms with Crippen molar-refractivity contribution in [1.29, 1.82) is 0 Å². The summed E-state index contributed by atoms with van der Waals surface area (Å²) in [5, 5.41) is 69.1. The van der Waals surface area contributed by atoms with Crippen molar-refractivity contribution in [2.75, 3.05) is 0 Å². The average molecular weight is 456 g/mol. The zero-order valence-corrected chi connectivity index (χ0v) is 17.2. The maximum atomic E-state index is 12.9. The van der Waals surface area contributed by atoms with Crippen LogP contribution in [0.1, 0.15) is 33.2 Å². The summed E-state index contributed by atoms with van der Waals surface area (Å²) in [6.45, 7) is 1.42. The molecule has 172 valence electrons. The number of rotatable bonds is 3. The molecule has 1 aliphatic rings. The van der Waals surface area contributed by atoms with Gasteiger partial charge in [-0.15, -0.1) is 0 Å². The first-order chi connectivity index (χ1) is 15.6. The van der Waals surface area contributed by atoms with Gasteiger partial charge in [0.2, 0.25) is 0 Å². The van der Waals surface area contributed by atoms with Crippen molar-refractivity contribution in [3.05, 3.63) is 58.7 Å². The van der Waals surface area contributed by atoms with Crippen LogP contribution in [0, 0.1) is 6.92 Å². The van der Waals surface area contributed by atoms with E-state index in [1.807, 2.05) is 0 Å². The lowest BCUT2D eigenvalue weighted by molar-refractivity contribution is -0.0189. The number of fused-ring (bicyclic) bond motifs is 1. The monoisotopic (exact) mass is 456 g/mol. The molecule has 0 spiro atoms. The molecule has 0 aromatic heterocycles. The van der Waals surface area contributed by atoms with E-state index >= 15 is 0 Å². The number of ether oxygens (including phenoxy) is 2. The van der Waals surface area contributed by atoms with Gasteiger partial charge in [0.25, 0.3) is 0 Å². The summed E-state index contributed by atoms with van der Waals surface area (Å²) < 4.78 is 11.5. The first kappa shape index (κ1) is 21.8. The fraction of sp³-hybridized carbons (Fsp3) is 0.174. The van der Waals surface area contributed by atoms with Crippen LogP contribution < -0.4 is 4.74 Å². The first-order valence-electron chi connectivity index (χ1n) is 9.75. The summed E-state index contributed by atoms with van der Waals surface area (Å²) >= 11 is 0. The van der Waals surface area contributed by atoms with Crippen molar-refractivity contribution in [2.24, 2.45) is 0 Å². The van der Waals surface area contributed by atoms with Crippen LogP contribution in [0.4, 0.5) is 0 Å². The summed E-state index contributed by atoms with van der Waals surface area (Å²) in [5.41, 5.74) is 0.446. The SMILES string of the molecule is Cc1c(C(=O)OC2Cc3c(O)cc(O)cc3O[C@@H]2c2cc(O)c(O)c(O)c2)ccc(O)c1O. The van der Waals surface area contributed by atoms with Crippen LogP contribution in [0.3, 0.4) is 0 Å². The maximum absolute atomic E-state index is 12.9. The second-order valence-corrected chi connectivity index (χ2v) is 7.64. The number of benzene rings is 3. The summed E-state index contributed by atoms with van der Waals surface area (Å²) in [5.74, 6) is -4.24. The Kier molecular flexibility index (Phi) is 5.21. The van der Waals surface area contributed by atoms with E-state index in [9.17, 15) is 40.5 Å². The maximum Gasteiger partial charge on any atom is 0.338 e. The Morgan fingerprint density at radius 2 is 1.55 bits per heavy atom. The molecule has 1 aliphatic heterocycles. The molecule has 3 aromatic carbocycles. The van der Waals surface area contributed by atoms with E-state index in [4.69, 9.17) is 9.47 Å². The highest BCUT2D eigenvalue weighted by atomic mass is 16.6. The summed E-state index contributed by atoms with van der Waals surface area (Å²) in [6, 6.07) is 6.99. The van der Waals surface area contributed by atoms with Crippen LogP contribution in [0.5, 0.6) is 46.0 Å². The molecule has 1 unspecified atom stereocenters. The Morgan fingerprint density at radius 1 is 0.879 bits per heavy atom. The Morgan fingerprint density at radius 3 is 2.21 bits per heavy atom. The molecule has 3 aromatic rings. The summed E-state index contributed by atoms with van der Waals surface area (Å²) in [6.07, 6.45) is -2.28.